The van der Waals surface area contributed by atoms with E-state index in [2.05, 4.69) is 10.3 Å². The van der Waals surface area contributed by atoms with E-state index < -0.39 is 41.9 Å². The fourth-order valence-corrected chi connectivity index (χ4v) is 2.83. The Balaban J connectivity index is 1.80. The number of aromatic nitrogens is 1. The monoisotopic (exact) mass is 364 g/mol. The van der Waals surface area contributed by atoms with Crippen molar-refractivity contribution in [1.29, 1.82) is 0 Å². The van der Waals surface area contributed by atoms with Gasteiger partial charge in [-0.05, 0) is 24.6 Å². The van der Waals surface area contributed by atoms with Crippen LogP contribution in [0.15, 0.2) is 29.2 Å². The summed E-state index contributed by atoms with van der Waals surface area (Å²) in [5, 5.41) is 11.5. The first kappa shape index (κ1) is 18.0. The zero-order chi connectivity index (χ0) is 18.7. The largest absolute Gasteiger partial charge is 0.480 e. The fraction of sp³-hybridized carbons (Fsp3) is 0.353. The second kappa shape index (κ2) is 7.63. The number of hydrogen-bond donors (Lipinski definition) is 3. The molecule has 0 spiro atoms. The van der Waals surface area contributed by atoms with Crippen LogP contribution in [-0.4, -0.2) is 53.9 Å². The number of H-pyrrole nitrogens is 1. The Labute approximate surface area is 146 Å². The van der Waals surface area contributed by atoms with E-state index in [1.807, 2.05) is 0 Å². The molecule has 8 nitrogen and oxygen atoms in total. The topological polar surface area (TPSA) is 118 Å². The molecule has 1 aliphatic rings. The molecule has 0 aliphatic carbocycles. The minimum Gasteiger partial charge on any atom is -0.480 e. The number of aliphatic carboxylic acids is 1. The van der Waals surface area contributed by atoms with Gasteiger partial charge in [0.15, 0.2) is 0 Å². The molecule has 2 heterocycles. The van der Waals surface area contributed by atoms with Crippen LogP contribution in [0, 0.1) is 5.82 Å². The Morgan fingerprint density at radius 3 is 3.00 bits per heavy atom. The highest BCUT2D eigenvalue weighted by Crippen LogP contribution is 2.13. The second-order valence-corrected chi connectivity index (χ2v) is 5.91. The number of ether oxygens (including phenoxy) is 2. The molecule has 1 saturated heterocycles. The number of carboxylic acid groups (broad SMARTS) is 1. The highest BCUT2D eigenvalue weighted by molar-refractivity contribution is 5.97. The number of carbonyl (C=O) groups excluding carboxylic acids is 1. The SMILES string of the molecule is O=C(O)CO[C@@H]1COCC[C@H]1NC(=O)c1c[nH]c2ccc(F)cc2c1=O. The molecule has 138 valence electrons. The number of aromatic amines is 1. The summed E-state index contributed by atoms with van der Waals surface area (Å²) in [7, 11) is 0. The van der Waals surface area contributed by atoms with Gasteiger partial charge >= 0.3 is 5.97 Å². The summed E-state index contributed by atoms with van der Waals surface area (Å²) in [6.45, 7) is -0.00901. The molecule has 26 heavy (non-hydrogen) atoms. The smallest absolute Gasteiger partial charge is 0.329 e. The van der Waals surface area contributed by atoms with Crippen LogP contribution in [0.3, 0.4) is 0 Å². The highest BCUT2D eigenvalue weighted by atomic mass is 19.1. The van der Waals surface area contributed by atoms with Crippen LogP contribution in [0.25, 0.3) is 10.9 Å². The first-order valence-corrected chi connectivity index (χ1v) is 7.98. The van der Waals surface area contributed by atoms with Crippen molar-refractivity contribution >= 4 is 22.8 Å². The molecule has 2 aromatic rings. The molecular formula is C17H17FN2O6. The van der Waals surface area contributed by atoms with Crippen molar-refractivity contribution in [2.45, 2.75) is 18.6 Å². The Kier molecular flexibility index (Phi) is 5.29. The fourth-order valence-electron chi connectivity index (χ4n) is 2.83. The number of carbonyl (C=O) groups is 2. The van der Waals surface area contributed by atoms with Gasteiger partial charge in [0, 0.05) is 23.7 Å². The highest BCUT2D eigenvalue weighted by Gasteiger charge is 2.29. The summed E-state index contributed by atoms with van der Waals surface area (Å²) in [6, 6.07) is 3.20. The lowest BCUT2D eigenvalue weighted by Gasteiger charge is -2.31. The van der Waals surface area contributed by atoms with E-state index in [-0.39, 0.29) is 17.6 Å². The van der Waals surface area contributed by atoms with Crippen LogP contribution in [0.4, 0.5) is 4.39 Å². The number of hydrogen-bond acceptors (Lipinski definition) is 5. The molecule has 1 amide bonds. The van der Waals surface area contributed by atoms with E-state index in [9.17, 15) is 18.8 Å². The van der Waals surface area contributed by atoms with Crippen molar-refractivity contribution in [3.05, 3.63) is 46.0 Å². The van der Waals surface area contributed by atoms with E-state index in [1.165, 1.54) is 18.3 Å². The lowest BCUT2D eigenvalue weighted by molar-refractivity contribution is -0.148. The number of carboxylic acids is 1. The number of fused-ring (bicyclic) bond motifs is 1. The average Bonchev–Trinajstić information content (AvgIpc) is 2.61. The maximum Gasteiger partial charge on any atom is 0.329 e. The predicted octanol–water partition coefficient (Wildman–Crippen LogP) is 0.656. The summed E-state index contributed by atoms with van der Waals surface area (Å²) in [4.78, 5) is 38.4. The molecule has 0 saturated carbocycles. The van der Waals surface area contributed by atoms with Gasteiger partial charge in [-0.3, -0.25) is 9.59 Å². The molecule has 1 fully saturated rings. The Bertz CT molecular complexity index is 896. The Hall–Kier alpha value is -2.78. The van der Waals surface area contributed by atoms with Crippen LogP contribution in [0.2, 0.25) is 0 Å². The van der Waals surface area contributed by atoms with Gasteiger partial charge in [-0.2, -0.15) is 0 Å². The number of rotatable bonds is 5. The van der Waals surface area contributed by atoms with E-state index in [4.69, 9.17) is 14.6 Å². The van der Waals surface area contributed by atoms with Crippen molar-refractivity contribution < 1.29 is 28.6 Å². The molecule has 3 N–H and O–H groups in total. The molecule has 0 unspecified atom stereocenters. The van der Waals surface area contributed by atoms with Crippen LogP contribution < -0.4 is 10.7 Å². The predicted molar refractivity (Wildman–Crippen MR) is 88.6 cm³/mol. The van der Waals surface area contributed by atoms with Crippen molar-refractivity contribution in [3.8, 4) is 0 Å². The minimum atomic E-state index is -1.13. The van der Waals surface area contributed by atoms with Crippen LogP contribution in [-0.2, 0) is 14.3 Å². The zero-order valence-electron chi connectivity index (χ0n) is 13.7. The second-order valence-electron chi connectivity index (χ2n) is 5.91. The van der Waals surface area contributed by atoms with Gasteiger partial charge in [-0.15, -0.1) is 0 Å². The standard InChI is InChI=1S/C17H17FN2O6/c18-9-1-2-12-10(5-9)16(23)11(6-19-12)17(24)20-13-3-4-25-7-14(13)26-8-15(21)22/h1-2,5-6,13-14H,3-4,7-8H2,(H,19,23)(H,20,24)(H,21,22)/t13-,14-/m1/s1. The first-order valence-electron chi connectivity index (χ1n) is 7.98. The van der Waals surface area contributed by atoms with Crippen molar-refractivity contribution in [1.82, 2.24) is 10.3 Å². The van der Waals surface area contributed by atoms with Crippen molar-refractivity contribution in [2.75, 3.05) is 19.8 Å². The molecule has 1 aromatic carbocycles. The number of pyridine rings is 1. The lowest BCUT2D eigenvalue weighted by atomic mass is 10.0. The third kappa shape index (κ3) is 3.89. The maximum absolute atomic E-state index is 13.4. The number of halogens is 1. The normalized spacial score (nSPS) is 20.0. The van der Waals surface area contributed by atoms with Gasteiger partial charge in [-0.25, -0.2) is 9.18 Å². The van der Waals surface area contributed by atoms with Gasteiger partial charge in [-0.1, -0.05) is 0 Å². The lowest BCUT2D eigenvalue weighted by Crippen LogP contribution is -2.51. The Morgan fingerprint density at radius 1 is 1.42 bits per heavy atom. The molecule has 3 rings (SSSR count). The van der Waals surface area contributed by atoms with Crippen LogP contribution >= 0.6 is 0 Å². The van der Waals surface area contributed by atoms with Crippen molar-refractivity contribution in [2.24, 2.45) is 0 Å². The average molecular weight is 364 g/mol. The number of nitrogens with one attached hydrogen (secondary N) is 2. The van der Waals surface area contributed by atoms with Crippen LogP contribution in [0.1, 0.15) is 16.8 Å². The van der Waals surface area contributed by atoms with Gasteiger partial charge in [0.1, 0.15) is 24.1 Å². The van der Waals surface area contributed by atoms with Gasteiger partial charge in [0.2, 0.25) is 5.43 Å². The summed E-state index contributed by atoms with van der Waals surface area (Å²) in [6.07, 6.45) is 1.04. The van der Waals surface area contributed by atoms with Gasteiger partial charge in [0.25, 0.3) is 5.91 Å². The van der Waals surface area contributed by atoms with E-state index in [1.54, 1.807) is 0 Å². The molecule has 1 aliphatic heterocycles. The maximum atomic E-state index is 13.4. The molecule has 9 heteroatoms. The molecule has 0 bridgehead atoms. The molecule has 1 aromatic heterocycles. The van der Waals surface area contributed by atoms with Crippen molar-refractivity contribution in [3.63, 3.8) is 0 Å². The summed E-state index contributed by atoms with van der Waals surface area (Å²) >= 11 is 0. The Morgan fingerprint density at radius 2 is 2.23 bits per heavy atom. The quantitative estimate of drug-likeness (QED) is 0.717. The summed E-state index contributed by atoms with van der Waals surface area (Å²) in [5.74, 6) is -2.35. The first-order chi connectivity index (χ1) is 12.5. The zero-order valence-corrected chi connectivity index (χ0v) is 13.7. The summed E-state index contributed by atoms with van der Waals surface area (Å²) < 4.78 is 23.9. The van der Waals surface area contributed by atoms with E-state index >= 15 is 0 Å². The summed E-state index contributed by atoms with van der Waals surface area (Å²) in [5.41, 5.74) is -0.334. The number of amides is 1. The third-order valence-electron chi connectivity index (χ3n) is 4.13. The number of benzene rings is 1. The van der Waals surface area contributed by atoms with Gasteiger partial charge in [0.05, 0.1) is 12.6 Å². The molecule has 2 atom stereocenters. The third-order valence-corrected chi connectivity index (χ3v) is 4.13. The van der Waals surface area contributed by atoms with Gasteiger partial charge < -0.3 is 24.9 Å². The van der Waals surface area contributed by atoms with Crippen LogP contribution in [0.5, 0.6) is 0 Å². The van der Waals surface area contributed by atoms with E-state index in [0.717, 1.165) is 6.07 Å². The van der Waals surface area contributed by atoms with E-state index in [0.29, 0.717) is 18.5 Å². The minimum absolute atomic E-state index is 0.0725. The molecule has 0 radical (unpaired) electrons. The molecular weight excluding hydrogens is 347 g/mol.